The molecule has 2 aliphatic rings. The van der Waals surface area contributed by atoms with Crippen molar-refractivity contribution in [3.8, 4) is 0 Å². The van der Waals surface area contributed by atoms with Crippen LogP contribution in [0.5, 0.6) is 0 Å². The Kier molecular flexibility index (Phi) is 3.95. The van der Waals surface area contributed by atoms with Gasteiger partial charge in [-0.25, -0.2) is 0 Å². The van der Waals surface area contributed by atoms with Crippen LogP contribution in [0.3, 0.4) is 0 Å². The van der Waals surface area contributed by atoms with Gasteiger partial charge >= 0.3 is 0 Å². The van der Waals surface area contributed by atoms with Crippen molar-refractivity contribution in [1.29, 1.82) is 0 Å². The lowest BCUT2D eigenvalue weighted by molar-refractivity contribution is -0.140. The minimum atomic E-state index is -0.550. The van der Waals surface area contributed by atoms with E-state index in [9.17, 15) is 4.79 Å². The fourth-order valence-corrected chi connectivity index (χ4v) is 3.43. The second kappa shape index (κ2) is 5.16. The summed E-state index contributed by atoms with van der Waals surface area (Å²) in [5.74, 6) is 0.847. The Morgan fingerprint density at radius 2 is 1.89 bits per heavy atom. The smallest absolute Gasteiger partial charge is 0.235 e. The van der Waals surface area contributed by atoms with Crippen molar-refractivity contribution in [3.05, 3.63) is 0 Å². The minimum absolute atomic E-state index is 0.161. The van der Waals surface area contributed by atoms with Crippen molar-refractivity contribution < 1.29 is 4.79 Å². The molecule has 2 fully saturated rings. The molecule has 4 heteroatoms. The van der Waals surface area contributed by atoms with Gasteiger partial charge in [-0.15, -0.1) is 0 Å². The van der Waals surface area contributed by atoms with E-state index in [1.54, 1.807) is 0 Å². The van der Waals surface area contributed by atoms with Crippen LogP contribution in [-0.4, -0.2) is 28.9 Å². The summed E-state index contributed by atoms with van der Waals surface area (Å²) >= 11 is 5.22. The molecule has 0 bridgehead atoms. The van der Waals surface area contributed by atoms with Crippen LogP contribution in [0.4, 0.5) is 0 Å². The Hall–Kier alpha value is -0.640. The largest absolute Gasteiger partial charge is 0.392 e. The molecule has 2 aliphatic carbocycles. The highest BCUT2D eigenvalue weighted by molar-refractivity contribution is 7.80. The highest BCUT2D eigenvalue weighted by Crippen LogP contribution is 2.41. The second-order valence-corrected chi connectivity index (χ2v) is 6.44. The Balaban J connectivity index is 2.14. The van der Waals surface area contributed by atoms with E-state index in [0.717, 1.165) is 25.7 Å². The zero-order valence-corrected chi connectivity index (χ0v) is 12.3. The van der Waals surface area contributed by atoms with Gasteiger partial charge in [0.05, 0.1) is 10.4 Å². The van der Waals surface area contributed by atoms with E-state index < -0.39 is 5.41 Å². The van der Waals surface area contributed by atoms with Crippen LogP contribution in [-0.2, 0) is 4.79 Å². The number of carbonyl (C=O) groups is 1. The van der Waals surface area contributed by atoms with E-state index in [2.05, 4.69) is 6.92 Å². The van der Waals surface area contributed by atoms with Crippen molar-refractivity contribution in [2.45, 2.75) is 57.9 Å². The maximum atomic E-state index is 12.8. The molecule has 0 spiro atoms. The summed E-state index contributed by atoms with van der Waals surface area (Å²) in [7, 11) is 1.92. The first-order valence-electron chi connectivity index (χ1n) is 7.06. The number of nitrogens with two attached hydrogens (primary N) is 1. The van der Waals surface area contributed by atoms with Crippen LogP contribution in [0, 0.1) is 11.3 Å². The summed E-state index contributed by atoms with van der Waals surface area (Å²) in [5.41, 5.74) is 5.37. The first-order chi connectivity index (χ1) is 8.49. The quantitative estimate of drug-likeness (QED) is 0.797. The lowest BCUT2D eigenvalue weighted by Gasteiger charge is -2.39. The van der Waals surface area contributed by atoms with E-state index >= 15 is 0 Å². The van der Waals surface area contributed by atoms with Crippen molar-refractivity contribution >= 4 is 23.1 Å². The van der Waals surface area contributed by atoms with Crippen LogP contribution in [0.25, 0.3) is 0 Å². The molecule has 3 nitrogen and oxygen atoms in total. The zero-order chi connectivity index (χ0) is 13.3. The molecular formula is C14H24N2OS. The number of hydrogen-bond donors (Lipinski definition) is 1. The molecule has 0 heterocycles. The Bertz CT molecular complexity index is 346. The monoisotopic (exact) mass is 268 g/mol. The topological polar surface area (TPSA) is 46.3 Å². The van der Waals surface area contributed by atoms with Gasteiger partial charge in [0.1, 0.15) is 0 Å². The summed E-state index contributed by atoms with van der Waals surface area (Å²) in [6, 6.07) is 0.325. The normalized spacial score (nSPS) is 24.3. The molecule has 1 atom stereocenters. The third kappa shape index (κ3) is 2.40. The van der Waals surface area contributed by atoms with Gasteiger partial charge in [-0.3, -0.25) is 4.79 Å². The molecule has 2 N–H and O–H groups in total. The Morgan fingerprint density at radius 3 is 2.33 bits per heavy atom. The van der Waals surface area contributed by atoms with Gasteiger partial charge in [-0.1, -0.05) is 31.5 Å². The molecule has 1 unspecified atom stereocenters. The molecule has 1 amide bonds. The van der Waals surface area contributed by atoms with E-state index in [4.69, 9.17) is 18.0 Å². The molecule has 0 aliphatic heterocycles. The van der Waals surface area contributed by atoms with Crippen LogP contribution < -0.4 is 5.73 Å². The van der Waals surface area contributed by atoms with Gasteiger partial charge < -0.3 is 10.6 Å². The molecule has 0 saturated heterocycles. The Labute approximate surface area is 115 Å². The predicted octanol–water partition coefficient (Wildman–Crippen LogP) is 2.48. The van der Waals surface area contributed by atoms with Crippen LogP contribution in [0.1, 0.15) is 51.9 Å². The lowest BCUT2D eigenvalue weighted by atomic mass is 9.72. The second-order valence-electron chi connectivity index (χ2n) is 6.00. The van der Waals surface area contributed by atoms with E-state index in [1.165, 1.54) is 19.3 Å². The zero-order valence-electron chi connectivity index (χ0n) is 11.4. The fraction of sp³-hybridized carbons (Fsp3) is 0.857. The van der Waals surface area contributed by atoms with Crippen LogP contribution in [0.15, 0.2) is 0 Å². The molecular weight excluding hydrogens is 244 g/mol. The van der Waals surface area contributed by atoms with Gasteiger partial charge in [0.25, 0.3) is 0 Å². The van der Waals surface area contributed by atoms with Gasteiger partial charge in [-0.05, 0) is 38.5 Å². The van der Waals surface area contributed by atoms with Crippen LogP contribution in [0.2, 0.25) is 0 Å². The van der Waals surface area contributed by atoms with Gasteiger partial charge in [-0.2, -0.15) is 0 Å². The van der Waals surface area contributed by atoms with E-state index in [0.29, 0.717) is 16.9 Å². The molecule has 0 radical (unpaired) electrons. The van der Waals surface area contributed by atoms with E-state index in [1.807, 2.05) is 11.9 Å². The third-order valence-corrected chi connectivity index (χ3v) is 5.21. The lowest BCUT2D eigenvalue weighted by Crippen LogP contribution is -2.53. The number of hydrogen-bond acceptors (Lipinski definition) is 2. The molecule has 2 saturated carbocycles. The van der Waals surface area contributed by atoms with Crippen LogP contribution >= 0.6 is 12.2 Å². The highest BCUT2D eigenvalue weighted by Gasteiger charge is 2.46. The summed E-state index contributed by atoms with van der Waals surface area (Å²) in [6.45, 7) is 2.14. The predicted molar refractivity (Wildman–Crippen MR) is 77.3 cm³/mol. The first-order valence-corrected chi connectivity index (χ1v) is 7.47. The summed E-state index contributed by atoms with van der Waals surface area (Å²) in [5, 5.41) is 0. The maximum Gasteiger partial charge on any atom is 0.235 e. The minimum Gasteiger partial charge on any atom is -0.392 e. The average molecular weight is 268 g/mol. The molecule has 102 valence electrons. The number of thiocarbonyl (C=S) groups is 1. The molecule has 0 aromatic rings. The molecule has 2 rings (SSSR count). The number of rotatable bonds is 4. The number of nitrogens with zero attached hydrogens (tertiary/aromatic N) is 1. The molecule has 0 aromatic carbocycles. The van der Waals surface area contributed by atoms with Gasteiger partial charge in [0, 0.05) is 13.1 Å². The molecule has 18 heavy (non-hydrogen) atoms. The number of amides is 1. The van der Waals surface area contributed by atoms with Gasteiger partial charge in [0.2, 0.25) is 5.91 Å². The van der Waals surface area contributed by atoms with Crippen molar-refractivity contribution in [1.82, 2.24) is 4.90 Å². The summed E-state index contributed by atoms with van der Waals surface area (Å²) < 4.78 is 0. The van der Waals surface area contributed by atoms with Crippen molar-refractivity contribution in [2.75, 3.05) is 7.05 Å². The number of carbonyl (C=O) groups excluding carboxylic acids is 1. The van der Waals surface area contributed by atoms with Crippen molar-refractivity contribution in [3.63, 3.8) is 0 Å². The van der Waals surface area contributed by atoms with Gasteiger partial charge in [0.15, 0.2) is 0 Å². The molecule has 0 aromatic heterocycles. The fourth-order valence-electron chi connectivity index (χ4n) is 3.14. The third-order valence-electron chi connectivity index (χ3n) is 4.82. The average Bonchev–Trinajstić information content (AvgIpc) is 3.21. The van der Waals surface area contributed by atoms with Crippen molar-refractivity contribution in [2.24, 2.45) is 17.1 Å². The maximum absolute atomic E-state index is 12.8. The summed E-state index contributed by atoms with van der Waals surface area (Å²) in [4.78, 5) is 15.1. The summed E-state index contributed by atoms with van der Waals surface area (Å²) in [6.07, 6.45) is 7.49. The highest BCUT2D eigenvalue weighted by atomic mass is 32.1. The SMILES string of the molecule is CC(C1CC1)N(C)C(=O)C1(C(N)=S)CCCCC1. The Morgan fingerprint density at radius 1 is 1.33 bits per heavy atom. The first kappa shape index (κ1) is 13.8. The van der Waals surface area contributed by atoms with E-state index in [-0.39, 0.29) is 5.91 Å². The standard InChI is InChI=1S/C14H24N2OS/c1-10(11-6-7-11)16(2)13(17)14(12(15)18)8-4-3-5-9-14/h10-11H,3-9H2,1-2H3,(H2,15,18).